The van der Waals surface area contributed by atoms with Gasteiger partial charge in [-0.2, -0.15) is 0 Å². The van der Waals surface area contributed by atoms with Crippen molar-refractivity contribution in [3.63, 3.8) is 0 Å². The first-order chi connectivity index (χ1) is 8.83. The zero-order valence-electron chi connectivity index (χ0n) is 11.0. The lowest BCUT2D eigenvalue weighted by atomic mass is 9.87. The summed E-state index contributed by atoms with van der Waals surface area (Å²) in [7, 11) is 0. The van der Waals surface area contributed by atoms with Gasteiger partial charge in [0.25, 0.3) is 0 Å². The number of benzene rings is 2. The number of rotatable bonds is 5. The number of hydrogen-bond acceptors (Lipinski definition) is 1. The third kappa shape index (κ3) is 2.99. The Balaban J connectivity index is 2.35. The van der Waals surface area contributed by atoms with Gasteiger partial charge >= 0.3 is 0 Å². The van der Waals surface area contributed by atoms with E-state index in [9.17, 15) is 0 Å². The van der Waals surface area contributed by atoms with E-state index in [1.807, 2.05) is 6.92 Å². The molecule has 0 saturated carbocycles. The lowest BCUT2D eigenvalue weighted by Crippen LogP contribution is -2.20. The lowest BCUT2D eigenvalue weighted by molar-refractivity contribution is 0.0649. The fourth-order valence-corrected chi connectivity index (χ4v) is 2.41. The Kier molecular flexibility index (Phi) is 4.54. The van der Waals surface area contributed by atoms with Crippen LogP contribution in [-0.2, 0) is 4.74 Å². The largest absolute Gasteiger partial charge is 0.378 e. The third-order valence-electron chi connectivity index (χ3n) is 3.22. The minimum absolute atomic E-state index is 0.180. The molecule has 0 aliphatic rings. The first-order valence-corrected chi connectivity index (χ1v) is 6.54. The first-order valence-electron chi connectivity index (χ1n) is 6.54. The average Bonchev–Trinajstić information content (AvgIpc) is 2.42. The predicted octanol–water partition coefficient (Wildman–Crippen LogP) is 4.24. The van der Waals surface area contributed by atoms with Gasteiger partial charge in [-0.05, 0) is 25.0 Å². The third-order valence-corrected chi connectivity index (χ3v) is 3.22. The zero-order chi connectivity index (χ0) is 12.8. The van der Waals surface area contributed by atoms with Crippen LogP contribution in [-0.4, -0.2) is 12.7 Å². The van der Waals surface area contributed by atoms with Crippen LogP contribution in [0.4, 0.5) is 0 Å². The molecule has 0 saturated heterocycles. The molecule has 0 aromatic heterocycles. The smallest absolute Gasteiger partial charge is 0.0655 e. The van der Waals surface area contributed by atoms with E-state index in [0.29, 0.717) is 5.92 Å². The molecular formula is C17H20O. The van der Waals surface area contributed by atoms with Gasteiger partial charge in [0.2, 0.25) is 0 Å². The Labute approximate surface area is 109 Å². The highest BCUT2D eigenvalue weighted by molar-refractivity contribution is 5.33. The molecule has 2 rings (SSSR count). The summed E-state index contributed by atoms with van der Waals surface area (Å²) in [6, 6.07) is 21.1. The highest BCUT2D eigenvalue weighted by atomic mass is 16.5. The second kappa shape index (κ2) is 6.36. The van der Waals surface area contributed by atoms with Gasteiger partial charge in [-0.1, -0.05) is 60.7 Å². The van der Waals surface area contributed by atoms with Gasteiger partial charge in [0, 0.05) is 12.5 Å². The predicted molar refractivity (Wildman–Crippen MR) is 75.8 cm³/mol. The molecule has 94 valence electrons. The van der Waals surface area contributed by atoms with Crippen LogP contribution in [0, 0.1) is 0 Å². The van der Waals surface area contributed by atoms with Gasteiger partial charge in [0.05, 0.1) is 6.10 Å². The van der Waals surface area contributed by atoms with Gasteiger partial charge in [-0.3, -0.25) is 0 Å². The molecule has 1 atom stereocenters. The molecule has 0 aliphatic carbocycles. The van der Waals surface area contributed by atoms with Crippen molar-refractivity contribution in [2.45, 2.75) is 25.9 Å². The molecule has 0 fully saturated rings. The quantitative estimate of drug-likeness (QED) is 0.759. The summed E-state index contributed by atoms with van der Waals surface area (Å²) in [6.07, 6.45) is 0.180. The molecule has 0 radical (unpaired) electrons. The van der Waals surface area contributed by atoms with E-state index in [2.05, 4.69) is 67.6 Å². The molecule has 0 heterocycles. The maximum absolute atomic E-state index is 5.81. The van der Waals surface area contributed by atoms with E-state index < -0.39 is 0 Å². The van der Waals surface area contributed by atoms with Crippen LogP contribution >= 0.6 is 0 Å². The lowest BCUT2D eigenvalue weighted by Gasteiger charge is -2.25. The molecule has 0 aliphatic heterocycles. The normalized spacial score (nSPS) is 12.6. The minimum Gasteiger partial charge on any atom is -0.378 e. The van der Waals surface area contributed by atoms with Crippen LogP contribution in [0.3, 0.4) is 0 Å². The molecule has 1 heteroatoms. The standard InChI is InChI=1S/C17H20O/c1-3-18-14(2)17(15-10-6-4-7-11-15)16-12-8-5-9-13-16/h4-14,17H,3H2,1-2H3/t14-/m0/s1. The Morgan fingerprint density at radius 3 is 1.67 bits per heavy atom. The van der Waals surface area contributed by atoms with Crippen molar-refractivity contribution in [3.8, 4) is 0 Å². The molecule has 18 heavy (non-hydrogen) atoms. The van der Waals surface area contributed by atoms with E-state index in [1.165, 1.54) is 11.1 Å². The van der Waals surface area contributed by atoms with Crippen LogP contribution in [0.2, 0.25) is 0 Å². The molecular weight excluding hydrogens is 220 g/mol. The van der Waals surface area contributed by atoms with Crippen molar-refractivity contribution in [1.82, 2.24) is 0 Å². The van der Waals surface area contributed by atoms with Gasteiger partial charge in [-0.15, -0.1) is 0 Å². The van der Waals surface area contributed by atoms with Crippen molar-refractivity contribution in [2.75, 3.05) is 6.61 Å². The van der Waals surface area contributed by atoms with E-state index in [1.54, 1.807) is 0 Å². The SMILES string of the molecule is CCO[C@@H](C)C(c1ccccc1)c1ccccc1. The average molecular weight is 240 g/mol. The summed E-state index contributed by atoms with van der Waals surface area (Å²) in [5.41, 5.74) is 2.62. The molecule has 0 N–H and O–H groups in total. The summed E-state index contributed by atoms with van der Waals surface area (Å²) >= 11 is 0. The van der Waals surface area contributed by atoms with Gasteiger partial charge in [0.1, 0.15) is 0 Å². The fraction of sp³-hybridized carbons (Fsp3) is 0.294. The Bertz CT molecular complexity index is 410. The van der Waals surface area contributed by atoms with E-state index in [4.69, 9.17) is 4.74 Å². The first kappa shape index (κ1) is 12.8. The second-order valence-electron chi connectivity index (χ2n) is 4.46. The highest BCUT2D eigenvalue weighted by Crippen LogP contribution is 2.29. The summed E-state index contributed by atoms with van der Waals surface area (Å²) < 4.78 is 5.81. The van der Waals surface area contributed by atoms with Crippen molar-refractivity contribution in [3.05, 3.63) is 71.8 Å². The van der Waals surface area contributed by atoms with Crippen LogP contribution in [0.15, 0.2) is 60.7 Å². The Morgan fingerprint density at radius 1 is 0.833 bits per heavy atom. The summed E-state index contributed by atoms with van der Waals surface area (Å²) in [5, 5.41) is 0. The van der Waals surface area contributed by atoms with E-state index in [0.717, 1.165) is 6.61 Å². The van der Waals surface area contributed by atoms with Crippen LogP contribution in [0.1, 0.15) is 30.9 Å². The summed E-state index contributed by atoms with van der Waals surface area (Å²) in [4.78, 5) is 0. The summed E-state index contributed by atoms with van der Waals surface area (Å²) in [5.74, 6) is 0.298. The monoisotopic (exact) mass is 240 g/mol. The van der Waals surface area contributed by atoms with Crippen molar-refractivity contribution >= 4 is 0 Å². The van der Waals surface area contributed by atoms with Crippen LogP contribution < -0.4 is 0 Å². The maximum atomic E-state index is 5.81. The number of hydrogen-bond donors (Lipinski definition) is 0. The molecule has 0 bridgehead atoms. The van der Waals surface area contributed by atoms with Crippen molar-refractivity contribution < 1.29 is 4.74 Å². The molecule has 1 nitrogen and oxygen atoms in total. The second-order valence-corrected chi connectivity index (χ2v) is 4.46. The van der Waals surface area contributed by atoms with Gasteiger partial charge in [-0.25, -0.2) is 0 Å². The van der Waals surface area contributed by atoms with Crippen LogP contribution in [0.5, 0.6) is 0 Å². The van der Waals surface area contributed by atoms with E-state index in [-0.39, 0.29) is 6.10 Å². The maximum Gasteiger partial charge on any atom is 0.0655 e. The van der Waals surface area contributed by atoms with Gasteiger partial charge in [0.15, 0.2) is 0 Å². The molecule has 2 aromatic carbocycles. The fourth-order valence-electron chi connectivity index (χ4n) is 2.41. The highest BCUT2D eigenvalue weighted by Gasteiger charge is 2.21. The number of ether oxygens (including phenoxy) is 1. The Hall–Kier alpha value is -1.60. The summed E-state index contributed by atoms with van der Waals surface area (Å²) in [6.45, 7) is 4.94. The van der Waals surface area contributed by atoms with E-state index >= 15 is 0 Å². The van der Waals surface area contributed by atoms with Crippen LogP contribution in [0.25, 0.3) is 0 Å². The topological polar surface area (TPSA) is 9.23 Å². The van der Waals surface area contributed by atoms with Crippen molar-refractivity contribution in [2.24, 2.45) is 0 Å². The zero-order valence-corrected chi connectivity index (χ0v) is 11.0. The van der Waals surface area contributed by atoms with Crippen molar-refractivity contribution in [1.29, 1.82) is 0 Å². The molecule has 0 unspecified atom stereocenters. The molecule has 2 aromatic rings. The molecule has 0 spiro atoms. The molecule has 0 amide bonds. The van der Waals surface area contributed by atoms with Gasteiger partial charge < -0.3 is 4.74 Å². The Morgan fingerprint density at radius 2 is 1.28 bits per heavy atom. The minimum atomic E-state index is 0.180.